The Morgan fingerprint density at radius 3 is 2.23 bits per heavy atom. The molecule has 2 rings (SSSR count). The van der Waals surface area contributed by atoms with Crippen molar-refractivity contribution >= 4 is 52.3 Å². The molecule has 0 aromatic heterocycles. The largest absolute Gasteiger partial charge is 0.508 e. The number of esters is 1. The first kappa shape index (κ1) is 24.1. The molecule has 0 heterocycles. The lowest BCUT2D eigenvalue weighted by atomic mass is 10.1. The summed E-state index contributed by atoms with van der Waals surface area (Å²) < 4.78 is 10.5. The minimum absolute atomic E-state index is 0.0512. The molecule has 0 aliphatic rings. The molecule has 162 valence electrons. The van der Waals surface area contributed by atoms with E-state index in [1.807, 2.05) is 12.1 Å². The van der Waals surface area contributed by atoms with Crippen LogP contribution in [0.25, 0.3) is 0 Å². The summed E-state index contributed by atoms with van der Waals surface area (Å²) in [5.41, 5.74) is 1.81. The van der Waals surface area contributed by atoms with Gasteiger partial charge in [-0.25, -0.2) is 4.79 Å². The molecule has 1 unspecified atom stereocenters. The lowest BCUT2D eigenvalue weighted by molar-refractivity contribution is -0.142. The lowest BCUT2D eigenvalue weighted by Crippen LogP contribution is -2.44. The Bertz CT molecular complexity index is 813. The third-order valence-electron chi connectivity index (χ3n) is 4.28. The number of rotatable bonds is 10. The molecule has 9 heteroatoms. The van der Waals surface area contributed by atoms with Crippen molar-refractivity contribution in [1.82, 2.24) is 5.32 Å². The zero-order valence-corrected chi connectivity index (χ0v) is 18.8. The highest BCUT2D eigenvalue weighted by atomic mass is 35.5. The molecule has 0 aliphatic heterocycles. The van der Waals surface area contributed by atoms with Crippen molar-refractivity contribution < 1.29 is 19.4 Å². The first-order chi connectivity index (χ1) is 14.5. The third-order valence-corrected chi connectivity index (χ3v) is 4.81. The first-order valence-electron chi connectivity index (χ1n) is 9.27. The average molecular weight is 471 g/mol. The predicted octanol–water partition coefficient (Wildman–Crippen LogP) is 3.71. The van der Waals surface area contributed by atoms with Crippen molar-refractivity contribution in [3.05, 3.63) is 54.1 Å². The number of hydrogen-bond donors (Lipinski definition) is 2. The molecule has 2 aromatic carbocycles. The molecule has 6 nitrogen and oxygen atoms in total. The highest BCUT2D eigenvalue weighted by Crippen LogP contribution is 2.20. The molecule has 0 fully saturated rings. The molecule has 0 saturated heterocycles. The minimum Gasteiger partial charge on any atom is -0.508 e. The van der Waals surface area contributed by atoms with Gasteiger partial charge in [0, 0.05) is 37.0 Å². The van der Waals surface area contributed by atoms with Crippen molar-refractivity contribution in [1.29, 1.82) is 0 Å². The highest BCUT2D eigenvalue weighted by Gasteiger charge is 2.21. The van der Waals surface area contributed by atoms with E-state index in [2.05, 4.69) is 10.2 Å². The zero-order chi connectivity index (χ0) is 21.9. The molecule has 1 atom stereocenters. The van der Waals surface area contributed by atoms with Crippen LogP contribution in [0.3, 0.4) is 0 Å². The number of alkyl halides is 2. The fraction of sp³-hybridized carbons (Fsp3) is 0.333. The molecule has 0 bridgehead atoms. The summed E-state index contributed by atoms with van der Waals surface area (Å²) in [6.07, 6.45) is 0.321. The second-order valence-electron chi connectivity index (χ2n) is 6.34. The van der Waals surface area contributed by atoms with Crippen molar-refractivity contribution in [2.24, 2.45) is 0 Å². The number of hydrogen-bond acceptors (Lipinski definition) is 6. The molecule has 0 spiro atoms. The van der Waals surface area contributed by atoms with E-state index in [1.165, 1.54) is 7.11 Å². The van der Waals surface area contributed by atoms with Crippen LogP contribution in [-0.4, -0.2) is 54.3 Å². The molecular formula is C21H24Cl2N2O4S. The topological polar surface area (TPSA) is 71.0 Å². The summed E-state index contributed by atoms with van der Waals surface area (Å²) in [5.74, 6) is 1.21. The van der Waals surface area contributed by atoms with Crippen LogP contribution in [0.2, 0.25) is 0 Å². The van der Waals surface area contributed by atoms with Gasteiger partial charge in [-0.3, -0.25) is 0 Å². The van der Waals surface area contributed by atoms with Gasteiger partial charge in [0.2, 0.25) is 0 Å². The number of benzene rings is 2. The summed E-state index contributed by atoms with van der Waals surface area (Å²) in [6, 6.07) is 13.2. The number of ether oxygens (including phenoxy) is 2. The summed E-state index contributed by atoms with van der Waals surface area (Å²) in [6.45, 7) is 1.37. The molecule has 2 aromatic rings. The Labute approximate surface area is 191 Å². The molecule has 0 saturated carbocycles. The van der Waals surface area contributed by atoms with E-state index in [4.69, 9.17) is 44.9 Å². The van der Waals surface area contributed by atoms with Crippen molar-refractivity contribution in [3.63, 3.8) is 0 Å². The van der Waals surface area contributed by atoms with Crippen molar-refractivity contribution in [2.45, 2.75) is 12.5 Å². The normalized spacial score (nSPS) is 11.4. The fourth-order valence-electron chi connectivity index (χ4n) is 2.78. The van der Waals surface area contributed by atoms with Gasteiger partial charge in [0.25, 0.3) is 5.17 Å². The predicted molar refractivity (Wildman–Crippen MR) is 124 cm³/mol. The SMILES string of the molecule is COC(=O)C(Cc1ccc(O)cc1)NC(=S)Oc1ccc(N(CCCl)CCCl)cc1. The number of phenols is 1. The van der Waals surface area contributed by atoms with E-state index < -0.39 is 12.0 Å². The van der Waals surface area contributed by atoms with Crippen LogP contribution in [0.15, 0.2) is 48.5 Å². The zero-order valence-electron chi connectivity index (χ0n) is 16.5. The monoisotopic (exact) mass is 470 g/mol. The van der Waals surface area contributed by atoms with Gasteiger partial charge < -0.3 is 24.8 Å². The maximum atomic E-state index is 12.1. The number of thiocarbonyl (C=S) groups is 1. The summed E-state index contributed by atoms with van der Waals surface area (Å²) in [4.78, 5) is 14.2. The fourth-order valence-corrected chi connectivity index (χ4v) is 3.43. The molecule has 0 amide bonds. The van der Waals surface area contributed by atoms with Gasteiger partial charge in [0.1, 0.15) is 17.5 Å². The van der Waals surface area contributed by atoms with Crippen LogP contribution in [0.1, 0.15) is 5.56 Å². The van der Waals surface area contributed by atoms with E-state index in [9.17, 15) is 9.90 Å². The second kappa shape index (κ2) is 12.5. The van der Waals surface area contributed by atoms with Crippen LogP contribution in [0.5, 0.6) is 11.5 Å². The number of carbonyl (C=O) groups excluding carboxylic acids is 1. The summed E-state index contributed by atoms with van der Waals surface area (Å²) in [5, 5.41) is 12.3. The maximum Gasteiger partial charge on any atom is 0.328 e. The minimum atomic E-state index is -0.728. The second-order valence-corrected chi connectivity index (χ2v) is 7.47. The van der Waals surface area contributed by atoms with Crippen LogP contribution >= 0.6 is 35.4 Å². The Morgan fingerprint density at radius 2 is 1.70 bits per heavy atom. The Balaban J connectivity index is 2.00. The number of carbonyl (C=O) groups is 1. The van der Waals surface area contributed by atoms with E-state index in [1.54, 1.807) is 36.4 Å². The van der Waals surface area contributed by atoms with E-state index in [0.717, 1.165) is 11.3 Å². The number of phenolic OH excluding ortho intramolecular Hbond substituents is 1. The smallest absolute Gasteiger partial charge is 0.328 e. The van der Waals surface area contributed by atoms with Crippen LogP contribution in [-0.2, 0) is 16.0 Å². The highest BCUT2D eigenvalue weighted by molar-refractivity contribution is 7.80. The van der Waals surface area contributed by atoms with Gasteiger partial charge in [-0.15, -0.1) is 23.2 Å². The maximum absolute atomic E-state index is 12.1. The molecule has 0 aliphatic carbocycles. The lowest BCUT2D eigenvalue weighted by Gasteiger charge is -2.23. The van der Waals surface area contributed by atoms with Crippen LogP contribution in [0, 0.1) is 0 Å². The van der Waals surface area contributed by atoms with Gasteiger partial charge in [0.05, 0.1) is 7.11 Å². The third kappa shape index (κ3) is 7.55. The number of nitrogens with one attached hydrogen (secondary N) is 1. The van der Waals surface area contributed by atoms with Gasteiger partial charge in [-0.2, -0.15) is 0 Å². The number of anilines is 1. The van der Waals surface area contributed by atoms with E-state index in [-0.39, 0.29) is 10.9 Å². The molecule has 30 heavy (non-hydrogen) atoms. The number of nitrogens with zero attached hydrogens (tertiary/aromatic N) is 1. The summed E-state index contributed by atoms with van der Waals surface area (Å²) >= 11 is 17.0. The van der Waals surface area contributed by atoms with Gasteiger partial charge >= 0.3 is 5.97 Å². The number of methoxy groups -OCH3 is 1. The standard InChI is InChI=1S/C21H24Cl2N2O4S/c1-28-20(27)19(14-15-2-6-17(26)7-3-15)24-21(30)29-18-8-4-16(5-9-18)25(12-10-22)13-11-23/h2-9,19,26H,10-14H2,1H3,(H,24,30). The van der Waals surface area contributed by atoms with Crippen LogP contribution in [0.4, 0.5) is 5.69 Å². The number of halogens is 2. The van der Waals surface area contributed by atoms with Gasteiger partial charge in [0.15, 0.2) is 0 Å². The van der Waals surface area contributed by atoms with Gasteiger partial charge in [-0.1, -0.05) is 12.1 Å². The Kier molecular flexibility index (Phi) is 10.00. The molecule has 0 radical (unpaired) electrons. The Morgan fingerprint density at radius 1 is 1.10 bits per heavy atom. The average Bonchev–Trinajstić information content (AvgIpc) is 2.74. The van der Waals surface area contributed by atoms with E-state index >= 15 is 0 Å². The molecule has 2 N–H and O–H groups in total. The van der Waals surface area contributed by atoms with Gasteiger partial charge in [-0.05, 0) is 54.2 Å². The van der Waals surface area contributed by atoms with Crippen molar-refractivity contribution in [2.75, 3.05) is 36.9 Å². The van der Waals surface area contributed by atoms with Crippen molar-refractivity contribution in [3.8, 4) is 11.5 Å². The number of aromatic hydroxyl groups is 1. The van der Waals surface area contributed by atoms with Crippen LogP contribution < -0.4 is 15.0 Å². The van der Waals surface area contributed by atoms with E-state index in [0.29, 0.717) is 37.0 Å². The summed E-state index contributed by atoms with van der Waals surface area (Å²) in [7, 11) is 1.31. The Hall–Kier alpha value is -2.22. The molecular weight excluding hydrogens is 447 g/mol. The quantitative estimate of drug-likeness (QED) is 0.311. The first-order valence-corrected chi connectivity index (χ1v) is 10.8.